The summed E-state index contributed by atoms with van der Waals surface area (Å²) < 4.78 is 51.9. The molecule has 1 amide bonds. The fourth-order valence-electron chi connectivity index (χ4n) is 3.13. The maximum atomic E-state index is 13.4. The Bertz CT molecular complexity index is 574. The van der Waals surface area contributed by atoms with E-state index >= 15 is 0 Å². The highest BCUT2D eigenvalue weighted by Gasteiger charge is 2.34. The van der Waals surface area contributed by atoms with Crippen LogP contribution in [-0.2, 0) is 17.5 Å². The van der Waals surface area contributed by atoms with Crippen molar-refractivity contribution in [2.45, 2.75) is 51.4 Å². The van der Waals surface area contributed by atoms with E-state index in [1.807, 2.05) is 0 Å². The van der Waals surface area contributed by atoms with Crippen LogP contribution >= 0.6 is 0 Å². The number of alkyl halides is 3. The van der Waals surface area contributed by atoms with Crippen molar-refractivity contribution in [2.24, 2.45) is 0 Å². The summed E-state index contributed by atoms with van der Waals surface area (Å²) in [6, 6.07) is 3.40. The molecule has 0 bridgehead atoms. The molecular weight excluding hydrogens is 324 g/mol. The van der Waals surface area contributed by atoms with E-state index in [1.165, 1.54) is 13.0 Å². The van der Waals surface area contributed by atoms with Crippen molar-refractivity contribution in [3.8, 4) is 0 Å². The second-order valence-electron chi connectivity index (χ2n) is 6.20. The molecule has 0 aromatic heterocycles. The van der Waals surface area contributed by atoms with Gasteiger partial charge in [0.2, 0.25) is 5.91 Å². The van der Waals surface area contributed by atoms with Gasteiger partial charge in [-0.05, 0) is 43.5 Å². The Morgan fingerprint density at radius 3 is 2.75 bits per heavy atom. The predicted molar refractivity (Wildman–Crippen MR) is 82.8 cm³/mol. The number of halogens is 4. The molecule has 134 valence electrons. The lowest BCUT2D eigenvalue weighted by Gasteiger charge is -2.36. The number of amides is 1. The third kappa shape index (κ3) is 5.19. The van der Waals surface area contributed by atoms with Gasteiger partial charge in [-0.2, -0.15) is 13.2 Å². The van der Waals surface area contributed by atoms with Crippen molar-refractivity contribution in [3.63, 3.8) is 0 Å². The average Bonchev–Trinajstić information content (AvgIpc) is 2.49. The Morgan fingerprint density at radius 2 is 2.08 bits per heavy atom. The molecule has 0 aliphatic carbocycles. The number of carbonyl (C=O) groups excluding carboxylic acids is 1. The van der Waals surface area contributed by atoms with Gasteiger partial charge in [-0.15, -0.1) is 0 Å². The summed E-state index contributed by atoms with van der Waals surface area (Å²) in [7, 11) is 0. The smallest absolute Gasteiger partial charge is 0.356 e. The molecule has 1 aliphatic rings. The molecule has 7 heteroatoms. The van der Waals surface area contributed by atoms with Gasteiger partial charge in [0.1, 0.15) is 5.82 Å². The zero-order valence-electron chi connectivity index (χ0n) is 13.6. The number of benzene rings is 1. The van der Waals surface area contributed by atoms with Gasteiger partial charge in [0, 0.05) is 26.1 Å². The van der Waals surface area contributed by atoms with Crippen molar-refractivity contribution >= 4 is 5.91 Å². The van der Waals surface area contributed by atoms with Crippen molar-refractivity contribution in [1.82, 2.24) is 10.2 Å². The molecule has 1 atom stereocenters. The van der Waals surface area contributed by atoms with E-state index in [4.69, 9.17) is 0 Å². The predicted octanol–water partition coefficient (Wildman–Crippen LogP) is 3.73. The maximum absolute atomic E-state index is 13.4. The number of hydrogen-bond acceptors (Lipinski definition) is 2. The largest absolute Gasteiger partial charge is 0.419 e. The van der Waals surface area contributed by atoms with Crippen LogP contribution in [0.15, 0.2) is 18.2 Å². The van der Waals surface area contributed by atoms with E-state index in [9.17, 15) is 22.4 Å². The molecule has 24 heavy (non-hydrogen) atoms. The van der Waals surface area contributed by atoms with Crippen LogP contribution in [0, 0.1) is 5.82 Å². The van der Waals surface area contributed by atoms with Crippen LogP contribution in [0.1, 0.15) is 43.7 Å². The number of nitrogens with one attached hydrogen (secondary N) is 1. The Morgan fingerprint density at radius 1 is 1.33 bits per heavy atom. The molecule has 0 spiro atoms. The first-order valence-electron chi connectivity index (χ1n) is 8.11. The topological polar surface area (TPSA) is 32.3 Å². The summed E-state index contributed by atoms with van der Waals surface area (Å²) in [5.41, 5.74) is -0.762. The molecule has 0 saturated carbocycles. The van der Waals surface area contributed by atoms with Crippen LogP contribution in [0.5, 0.6) is 0 Å². The van der Waals surface area contributed by atoms with Gasteiger partial charge in [-0.1, -0.05) is 12.5 Å². The Labute approximate surface area is 139 Å². The fraction of sp³-hybridized carbons (Fsp3) is 0.588. The molecule has 1 heterocycles. The van der Waals surface area contributed by atoms with Crippen molar-refractivity contribution in [1.29, 1.82) is 0 Å². The van der Waals surface area contributed by atoms with Crippen molar-refractivity contribution in [2.75, 3.05) is 13.1 Å². The lowest BCUT2D eigenvalue weighted by molar-refractivity contribution is -0.140. The minimum atomic E-state index is -4.69. The summed E-state index contributed by atoms with van der Waals surface area (Å²) in [6.07, 6.45) is -0.922. The monoisotopic (exact) mass is 346 g/mol. The minimum absolute atomic E-state index is 0.0919. The Hall–Kier alpha value is -1.63. The van der Waals surface area contributed by atoms with E-state index in [0.717, 1.165) is 44.4 Å². The van der Waals surface area contributed by atoms with E-state index in [1.54, 1.807) is 0 Å². The summed E-state index contributed by atoms with van der Waals surface area (Å²) in [6.45, 7) is 3.15. The third-order valence-electron chi connectivity index (χ3n) is 4.32. The van der Waals surface area contributed by atoms with Crippen LogP contribution in [0.3, 0.4) is 0 Å². The molecule has 1 aromatic carbocycles. The van der Waals surface area contributed by atoms with Crippen LogP contribution < -0.4 is 5.32 Å². The lowest BCUT2D eigenvalue weighted by atomic mass is 9.98. The number of rotatable bonds is 5. The van der Waals surface area contributed by atoms with Crippen LogP contribution in [-0.4, -0.2) is 29.9 Å². The molecule has 1 saturated heterocycles. The Kier molecular flexibility index (Phi) is 6.21. The summed E-state index contributed by atoms with van der Waals surface area (Å²) in [5, 5.41) is 2.75. The molecule has 1 aromatic rings. The van der Waals surface area contributed by atoms with Gasteiger partial charge in [0.15, 0.2) is 0 Å². The SMILES string of the molecule is CC(=O)NCC[C@@H]1CCCCN1Cc1ccc(F)c(C(F)(F)F)c1. The molecule has 1 N–H and O–H groups in total. The van der Waals surface area contributed by atoms with E-state index in [2.05, 4.69) is 10.2 Å². The average molecular weight is 346 g/mol. The first-order chi connectivity index (χ1) is 11.3. The normalized spacial score (nSPS) is 19.3. The molecule has 1 fully saturated rings. The zero-order chi connectivity index (χ0) is 17.7. The highest BCUT2D eigenvalue weighted by atomic mass is 19.4. The van der Waals surface area contributed by atoms with Crippen LogP contribution in [0.4, 0.5) is 17.6 Å². The Balaban J connectivity index is 2.05. The van der Waals surface area contributed by atoms with Crippen LogP contribution in [0.2, 0.25) is 0 Å². The summed E-state index contributed by atoms with van der Waals surface area (Å²) in [4.78, 5) is 13.1. The maximum Gasteiger partial charge on any atom is 0.419 e. The van der Waals surface area contributed by atoms with E-state index < -0.39 is 17.6 Å². The highest BCUT2D eigenvalue weighted by Crippen LogP contribution is 2.32. The summed E-state index contributed by atoms with van der Waals surface area (Å²) in [5.74, 6) is -1.34. The first-order valence-corrected chi connectivity index (χ1v) is 8.11. The lowest BCUT2D eigenvalue weighted by Crippen LogP contribution is -2.41. The van der Waals surface area contributed by atoms with Gasteiger partial charge < -0.3 is 5.32 Å². The van der Waals surface area contributed by atoms with E-state index in [0.29, 0.717) is 18.7 Å². The number of carbonyl (C=O) groups is 1. The van der Waals surface area contributed by atoms with Crippen LogP contribution in [0.25, 0.3) is 0 Å². The number of nitrogens with zero attached hydrogens (tertiary/aromatic N) is 1. The third-order valence-corrected chi connectivity index (χ3v) is 4.32. The zero-order valence-corrected chi connectivity index (χ0v) is 13.6. The standard InChI is InChI=1S/C17H22F4N2O/c1-12(24)22-8-7-14-4-2-3-9-23(14)11-13-5-6-16(18)15(10-13)17(19,20)21/h5-6,10,14H,2-4,7-9,11H2,1H3,(H,22,24)/t14-/m0/s1. The first kappa shape index (κ1) is 18.7. The number of piperidine rings is 1. The quantitative estimate of drug-likeness (QED) is 0.824. The van der Waals surface area contributed by atoms with Crippen molar-refractivity contribution in [3.05, 3.63) is 35.1 Å². The summed E-state index contributed by atoms with van der Waals surface area (Å²) >= 11 is 0. The van der Waals surface area contributed by atoms with Gasteiger partial charge in [0.05, 0.1) is 5.56 Å². The van der Waals surface area contributed by atoms with Gasteiger partial charge in [-0.25, -0.2) is 4.39 Å². The van der Waals surface area contributed by atoms with Gasteiger partial charge >= 0.3 is 6.18 Å². The molecule has 3 nitrogen and oxygen atoms in total. The minimum Gasteiger partial charge on any atom is -0.356 e. The molecule has 0 unspecified atom stereocenters. The second kappa shape index (κ2) is 7.96. The van der Waals surface area contributed by atoms with Gasteiger partial charge in [0.25, 0.3) is 0 Å². The molecule has 0 radical (unpaired) electrons. The highest BCUT2D eigenvalue weighted by molar-refractivity contribution is 5.72. The number of hydrogen-bond donors (Lipinski definition) is 1. The second-order valence-corrected chi connectivity index (χ2v) is 6.20. The fourth-order valence-corrected chi connectivity index (χ4v) is 3.13. The van der Waals surface area contributed by atoms with Crippen molar-refractivity contribution < 1.29 is 22.4 Å². The van der Waals surface area contributed by atoms with E-state index in [-0.39, 0.29) is 11.9 Å². The van der Waals surface area contributed by atoms with Gasteiger partial charge in [-0.3, -0.25) is 9.69 Å². The molecule has 1 aliphatic heterocycles. The molecule has 2 rings (SSSR count). The number of likely N-dealkylation sites (tertiary alicyclic amines) is 1. The molecular formula is C17H22F4N2O.